The summed E-state index contributed by atoms with van der Waals surface area (Å²) in [6, 6.07) is 7.55. The molecule has 0 N–H and O–H groups in total. The molecule has 4 aromatic rings. The van der Waals surface area contributed by atoms with Crippen LogP contribution in [0.4, 0.5) is 0 Å². The molecule has 144 valence electrons. The van der Waals surface area contributed by atoms with Gasteiger partial charge in [-0.1, -0.05) is 0 Å². The number of amides is 1. The molecular formula is C20H23N7O. The Balaban J connectivity index is 1.63. The molecule has 4 aromatic heterocycles. The van der Waals surface area contributed by atoms with Gasteiger partial charge >= 0.3 is 0 Å². The number of hydrogen-bond donors (Lipinski definition) is 0. The van der Waals surface area contributed by atoms with Gasteiger partial charge in [-0.25, -0.2) is 0 Å². The van der Waals surface area contributed by atoms with Crippen LogP contribution >= 0.6 is 0 Å². The minimum Gasteiger partial charge on any atom is -0.348 e. The van der Waals surface area contributed by atoms with Crippen LogP contribution in [-0.2, 0) is 20.1 Å². The molecule has 0 bridgehead atoms. The van der Waals surface area contributed by atoms with Gasteiger partial charge < -0.3 is 9.47 Å². The number of carbonyl (C=O) groups is 1. The van der Waals surface area contributed by atoms with E-state index in [1.54, 1.807) is 24.2 Å². The third kappa shape index (κ3) is 2.96. The van der Waals surface area contributed by atoms with E-state index in [1.165, 1.54) is 0 Å². The largest absolute Gasteiger partial charge is 0.348 e. The fourth-order valence-corrected chi connectivity index (χ4v) is 3.39. The maximum atomic E-state index is 13.0. The minimum atomic E-state index is -0.0583. The molecule has 0 unspecified atom stereocenters. The van der Waals surface area contributed by atoms with Crippen LogP contribution in [0.5, 0.6) is 0 Å². The number of rotatable bonds is 5. The first kappa shape index (κ1) is 18.0. The number of nitrogens with zero attached hydrogens (tertiary/aromatic N) is 7. The van der Waals surface area contributed by atoms with Crippen molar-refractivity contribution in [3.63, 3.8) is 0 Å². The van der Waals surface area contributed by atoms with Crippen molar-refractivity contribution < 1.29 is 4.79 Å². The van der Waals surface area contributed by atoms with E-state index in [0.717, 1.165) is 23.5 Å². The summed E-state index contributed by atoms with van der Waals surface area (Å²) >= 11 is 0. The van der Waals surface area contributed by atoms with E-state index in [-0.39, 0.29) is 5.91 Å². The lowest BCUT2D eigenvalue weighted by molar-refractivity contribution is 0.0784. The van der Waals surface area contributed by atoms with Gasteiger partial charge in [0.2, 0.25) is 0 Å². The SMILES string of the molecule is CCn1ncc(CN(C)C(=O)c2ccc3nnc(-c4cccn4C)n3c2)c1C. The lowest BCUT2D eigenvalue weighted by atomic mass is 10.2. The van der Waals surface area contributed by atoms with E-state index in [4.69, 9.17) is 0 Å². The highest BCUT2D eigenvalue weighted by Crippen LogP contribution is 2.20. The molecule has 0 saturated carbocycles. The Morgan fingerprint density at radius 3 is 2.71 bits per heavy atom. The van der Waals surface area contributed by atoms with Gasteiger partial charge in [-0.15, -0.1) is 10.2 Å². The molecule has 0 aromatic carbocycles. The van der Waals surface area contributed by atoms with Crippen LogP contribution in [0.15, 0.2) is 42.9 Å². The van der Waals surface area contributed by atoms with Crippen molar-refractivity contribution in [1.29, 1.82) is 0 Å². The maximum absolute atomic E-state index is 13.0. The zero-order valence-electron chi connectivity index (χ0n) is 16.5. The zero-order chi connectivity index (χ0) is 19.8. The third-order valence-corrected chi connectivity index (χ3v) is 5.08. The van der Waals surface area contributed by atoms with Crippen LogP contribution in [0.25, 0.3) is 17.2 Å². The van der Waals surface area contributed by atoms with Gasteiger partial charge in [0.1, 0.15) is 0 Å². The van der Waals surface area contributed by atoms with Crippen LogP contribution < -0.4 is 0 Å². The number of carbonyl (C=O) groups excluding carboxylic acids is 1. The minimum absolute atomic E-state index is 0.0583. The Morgan fingerprint density at radius 1 is 1.21 bits per heavy atom. The smallest absolute Gasteiger partial charge is 0.255 e. The van der Waals surface area contributed by atoms with Crippen LogP contribution in [0.2, 0.25) is 0 Å². The number of pyridine rings is 1. The van der Waals surface area contributed by atoms with Crippen molar-refractivity contribution in [1.82, 2.24) is 33.8 Å². The van der Waals surface area contributed by atoms with Gasteiger partial charge in [0.05, 0.1) is 17.5 Å². The molecule has 8 heteroatoms. The molecule has 0 aliphatic rings. The standard InChI is InChI=1S/C20H23N7O/c1-5-27-14(2)16(11-21-27)12-25(4)20(28)15-8-9-18-22-23-19(26(18)13-15)17-7-6-10-24(17)3/h6-11,13H,5,12H2,1-4H3. The van der Waals surface area contributed by atoms with Crippen molar-refractivity contribution >= 4 is 11.6 Å². The molecule has 28 heavy (non-hydrogen) atoms. The second-order valence-corrected chi connectivity index (χ2v) is 6.91. The Labute approximate surface area is 163 Å². The summed E-state index contributed by atoms with van der Waals surface area (Å²) in [5, 5.41) is 12.9. The highest BCUT2D eigenvalue weighted by atomic mass is 16.2. The molecule has 0 aliphatic heterocycles. The average molecular weight is 377 g/mol. The van der Waals surface area contributed by atoms with Crippen molar-refractivity contribution in [3.05, 3.63) is 59.7 Å². The molecule has 0 spiro atoms. The molecular weight excluding hydrogens is 354 g/mol. The number of aryl methyl sites for hydroxylation is 2. The van der Waals surface area contributed by atoms with Crippen LogP contribution in [0.1, 0.15) is 28.5 Å². The number of aromatic nitrogens is 6. The molecule has 1 amide bonds. The van der Waals surface area contributed by atoms with E-state index in [0.29, 0.717) is 23.6 Å². The predicted octanol–water partition coefficient (Wildman–Crippen LogP) is 2.53. The van der Waals surface area contributed by atoms with Crippen LogP contribution in [0.3, 0.4) is 0 Å². The fraction of sp³-hybridized carbons (Fsp3) is 0.300. The van der Waals surface area contributed by atoms with Gasteiger partial charge in [0.25, 0.3) is 5.91 Å². The highest BCUT2D eigenvalue weighted by Gasteiger charge is 2.17. The van der Waals surface area contributed by atoms with Gasteiger partial charge in [-0.2, -0.15) is 5.10 Å². The fourth-order valence-electron chi connectivity index (χ4n) is 3.39. The summed E-state index contributed by atoms with van der Waals surface area (Å²) in [6.45, 7) is 5.40. The molecule has 0 radical (unpaired) electrons. The molecule has 0 fully saturated rings. The first-order chi connectivity index (χ1) is 13.5. The van der Waals surface area contributed by atoms with E-state index in [2.05, 4.69) is 22.2 Å². The summed E-state index contributed by atoms with van der Waals surface area (Å²) in [6.07, 6.45) is 5.59. The molecule has 4 heterocycles. The Kier molecular flexibility index (Phi) is 4.46. The number of fused-ring (bicyclic) bond motifs is 1. The average Bonchev–Trinajstić information content (AvgIpc) is 3.39. The molecule has 8 nitrogen and oxygen atoms in total. The third-order valence-electron chi connectivity index (χ3n) is 5.08. The monoisotopic (exact) mass is 377 g/mol. The summed E-state index contributed by atoms with van der Waals surface area (Å²) in [4.78, 5) is 14.7. The van der Waals surface area contributed by atoms with E-state index >= 15 is 0 Å². The molecule has 0 aliphatic carbocycles. The zero-order valence-corrected chi connectivity index (χ0v) is 16.5. The van der Waals surface area contributed by atoms with Crippen molar-refractivity contribution in [3.8, 4) is 11.5 Å². The second-order valence-electron chi connectivity index (χ2n) is 6.91. The Hall–Kier alpha value is -3.42. The Bertz CT molecular complexity index is 1150. The summed E-state index contributed by atoms with van der Waals surface area (Å²) in [5.74, 6) is 0.650. The van der Waals surface area contributed by atoms with Gasteiger partial charge in [0.15, 0.2) is 11.5 Å². The van der Waals surface area contributed by atoms with E-state index < -0.39 is 0 Å². The van der Waals surface area contributed by atoms with Crippen LogP contribution in [-0.4, -0.2) is 46.8 Å². The molecule has 4 rings (SSSR count). The maximum Gasteiger partial charge on any atom is 0.255 e. The van der Waals surface area contributed by atoms with Gasteiger partial charge in [-0.05, 0) is 38.1 Å². The molecule has 0 atom stereocenters. The molecule has 0 saturated heterocycles. The van der Waals surface area contributed by atoms with Gasteiger partial charge in [-0.3, -0.25) is 13.9 Å². The summed E-state index contributed by atoms with van der Waals surface area (Å²) in [7, 11) is 3.76. The highest BCUT2D eigenvalue weighted by molar-refractivity contribution is 5.94. The predicted molar refractivity (Wildman–Crippen MR) is 106 cm³/mol. The first-order valence-corrected chi connectivity index (χ1v) is 9.22. The van der Waals surface area contributed by atoms with Gasteiger partial charge in [0, 0.05) is 50.8 Å². The van der Waals surface area contributed by atoms with E-state index in [1.807, 2.05) is 58.2 Å². The lowest BCUT2D eigenvalue weighted by Gasteiger charge is -2.17. The van der Waals surface area contributed by atoms with Crippen LogP contribution in [0, 0.1) is 6.92 Å². The first-order valence-electron chi connectivity index (χ1n) is 9.22. The van der Waals surface area contributed by atoms with Crippen molar-refractivity contribution in [2.24, 2.45) is 7.05 Å². The Morgan fingerprint density at radius 2 is 2.04 bits per heavy atom. The normalized spacial score (nSPS) is 11.3. The quantitative estimate of drug-likeness (QED) is 0.536. The van der Waals surface area contributed by atoms with E-state index in [9.17, 15) is 4.79 Å². The van der Waals surface area contributed by atoms with Crippen molar-refractivity contribution in [2.75, 3.05) is 7.05 Å². The topological polar surface area (TPSA) is 73.2 Å². The lowest BCUT2D eigenvalue weighted by Crippen LogP contribution is -2.26. The summed E-state index contributed by atoms with van der Waals surface area (Å²) < 4.78 is 5.77. The number of hydrogen-bond acceptors (Lipinski definition) is 4. The van der Waals surface area contributed by atoms with Crippen molar-refractivity contribution in [2.45, 2.75) is 26.9 Å². The summed E-state index contributed by atoms with van der Waals surface area (Å²) in [5.41, 5.74) is 4.37. The second kappa shape index (κ2) is 6.95.